The van der Waals surface area contributed by atoms with Crippen LogP contribution in [0, 0.1) is 11.3 Å². The minimum absolute atomic E-state index is 0.0210. The van der Waals surface area contributed by atoms with E-state index in [-0.39, 0.29) is 18.2 Å². The van der Waals surface area contributed by atoms with Crippen molar-refractivity contribution in [3.05, 3.63) is 42.9 Å². The van der Waals surface area contributed by atoms with Gasteiger partial charge >= 0.3 is 0 Å². The highest BCUT2D eigenvalue weighted by molar-refractivity contribution is 7.92. The van der Waals surface area contributed by atoms with Gasteiger partial charge in [-0.1, -0.05) is 0 Å². The molecule has 9 nitrogen and oxygen atoms in total. The molecule has 2 aromatic heterocycles. The first kappa shape index (κ1) is 15.2. The lowest BCUT2D eigenvalue weighted by atomic mass is 10.3. The largest absolute Gasteiger partial charge is 0.454 e. The molecule has 0 saturated heterocycles. The summed E-state index contributed by atoms with van der Waals surface area (Å²) in [6, 6.07) is 9.58. The lowest BCUT2D eigenvalue weighted by molar-refractivity contribution is 0.174. The molecule has 0 unspecified atom stereocenters. The van der Waals surface area contributed by atoms with Gasteiger partial charge in [0.05, 0.1) is 11.8 Å². The number of benzene rings is 1. The molecule has 126 valence electrons. The highest BCUT2D eigenvalue weighted by Crippen LogP contribution is 2.36. The molecule has 1 aromatic carbocycles. The second-order valence-corrected chi connectivity index (χ2v) is 7.03. The van der Waals surface area contributed by atoms with Crippen molar-refractivity contribution in [1.29, 1.82) is 5.26 Å². The van der Waals surface area contributed by atoms with Crippen LogP contribution in [-0.4, -0.2) is 36.4 Å². The molecule has 4 rings (SSSR count). The Hall–Kier alpha value is -3.32. The van der Waals surface area contributed by atoms with Crippen LogP contribution in [0.5, 0.6) is 11.5 Å². The summed E-state index contributed by atoms with van der Waals surface area (Å²) >= 11 is 0. The van der Waals surface area contributed by atoms with E-state index in [1.165, 1.54) is 29.1 Å². The molecule has 0 bridgehead atoms. The number of hydrogen-bond donors (Lipinski definition) is 0. The summed E-state index contributed by atoms with van der Waals surface area (Å²) in [5.74, 6) is 0.967. The summed E-state index contributed by atoms with van der Waals surface area (Å²) in [5, 5.41) is 16.7. The average molecular weight is 357 g/mol. The summed E-state index contributed by atoms with van der Waals surface area (Å²) in [7, 11) is -3.96. The Kier molecular flexibility index (Phi) is 3.43. The molecule has 25 heavy (non-hydrogen) atoms. The monoisotopic (exact) mass is 357 g/mol. The number of rotatable bonds is 4. The van der Waals surface area contributed by atoms with Gasteiger partial charge < -0.3 is 9.47 Å². The van der Waals surface area contributed by atoms with Crippen LogP contribution in [0.2, 0.25) is 0 Å². The van der Waals surface area contributed by atoms with E-state index in [0.29, 0.717) is 22.8 Å². The fourth-order valence-electron chi connectivity index (χ4n) is 2.51. The van der Waals surface area contributed by atoms with E-state index in [4.69, 9.17) is 14.7 Å². The molecule has 1 aliphatic rings. The maximum Gasteiger partial charge on any atom is 0.266 e. The number of anilines is 1. The van der Waals surface area contributed by atoms with Crippen molar-refractivity contribution in [3.63, 3.8) is 0 Å². The van der Waals surface area contributed by atoms with E-state index in [2.05, 4.69) is 10.2 Å². The Morgan fingerprint density at radius 2 is 2.08 bits per heavy atom. The van der Waals surface area contributed by atoms with Crippen molar-refractivity contribution in [2.45, 2.75) is 4.90 Å². The number of hydrogen-bond acceptors (Lipinski definition) is 7. The number of nitrogens with zero attached hydrogens (tertiary/aromatic N) is 5. The Morgan fingerprint density at radius 1 is 1.24 bits per heavy atom. The summed E-state index contributed by atoms with van der Waals surface area (Å²) in [6.07, 6.45) is 2.81. The van der Waals surface area contributed by atoms with E-state index in [0.717, 1.165) is 4.31 Å². The molecule has 0 N–H and O–H groups in total. The molecule has 3 aromatic rings. The molecule has 0 atom stereocenters. The summed E-state index contributed by atoms with van der Waals surface area (Å²) in [5.41, 5.74) is 0.837. The van der Waals surface area contributed by atoms with Gasteiger partial charge in [-0.2, -0.15) is 5.26 Å². The van der Waals surface area contributed by atoms with E-state index >= 15 is 0 Å². The highest BCUT2D eigenvalue weighted by Gasteiger charge is 2.27. The number of fused-ring (bicyclic) bond motifs is 2. The van der Waals surface area contributed by atoms with Crippen molar-refractivity contribution in [2.75, 3.05) is 17.6 Å². The molecule has 0 saturated carbocycles. The second-order valence-electron chi connectivity index (χ2n) is 5.17. The SMILES string of the molecule is N#CCN(c1ccc2c(c1)OCO2)S(=O)(=O)c1ccc2nncn2c1. The third-order valence-electron chi connectivity index (χ3n) is 3.71. The Balaban J connectivity index is 1.80. The normalized spacial score (nSPS) is 12.9. The van der Waals surface area contributed by atoms with Gasteiger partial charge in [-0.3, -0.25) is 8.71 Å². The summed E-state index contributed by atoms with van der Waals surface area (Å²) in [6.45, 7) is -0.268. The molecule has 0 radical (unpaired) electrons. The van der Waals surface area contributed by atoms with Gasteiger partial charge in [-0.15, -0.1) is 10.2 Å². The van der Waals surface area contributed by atoms with Crippen molar-refractivity contribution >= 4 is 21.4 Å². The lowest BCUT2D eigenvalue weighted by Gasteiger charge is -2.22. The highest BCUT2D eigenvalue weighted by atomic mass is 32.2. The van der Waals surface area contributed by atoms with E-state index < -0.39 is 10.0 Å². The molecule has 0 amide bonds. The van der Waals surface area contributed by atoms with E-state index in [1.807, 2.05) is 6.07 Å². The molecule has 0 spiro atoms. The summed E-state index contributed by atoms with van der Waals surface area (Å²) in [4.78, 5) is 0.0210. The minimum Gasteiger partial charge on any atom is -0.454 e. The molecule has 1 aliphatic heterocycles. The van der Waals surface area contributed by atoms with E-state index in [1.54, 1.807) is 18.2 Å². The Morgan fingerprint density at radius 3 is 2.92 bits per heavy atom. The Labute approximate surface area is 142 Å². The van der Waals surface area contributed by atoms with Gasteiger partial charge in [0.2, 0.25) is 6.79 Å². The number of ether oxygens (including phenoxy) is 2. The van der Waals surface area contributed by atoms with Crippen LogP contribution >= 0.6 is 0 Å². The third kappa shape index (κ3) is 2.50. The van der Waals surface area contributed by atoms with Gasteiger partial charge in [0, 0.05) is 12.3 Å². The van der Waals surface area contributed by atoms with Crippen LogP contribution in [0.3, 0.4) is 0 Å². The standard InChI is InChI=1S/C15H11N5O4S/c16-5-6-20(11-1-3-13-14(7-11)24-10-23-13)25(21,22)12-2-4-15-18-17-9-19(15)8-12/h1-4,7-9H,6,10H2. The first-order valence-electron chi connectivity index (χ1n) is 7.18. The zero-order valence-electron chi connectivity index (χ0n) is 12.7. The second kappa shape index (κ2) is 5.64. The Bertz CT molecular complexity index is 1100. The topological polar surface area (TPSA) is 110 Å². The van der Waals surface area contributed by atoms with Crippen LogP contribution < -0.4 is 13.8 Å². The zero-order valence-corrected chi connectivity index (χ0v) is 13.5. The quantitative estimate of drug-likeness (QED) is 0.645. The molecular weight excluding hydrogens is 346 g/mol. The fraction of sp³-hybridized carbons (Fsp3) is 0.133. The molecule has 0 fully saturated rings. The van der Waals surface area contributed by atoms with Gasteiger partial charge in [-0.25, -0.2) is 8.42 Å². The predicted molar refractivity (Wildman–Crippen MR) is 85.7 cm³/mol. The van der Waals surface area contributed by atoms with E-state index in [9.17, 15) is 8.42 Å². The van der Waals surface area contributed by atoms with Crippen LogP contribution in [0.1, 0.15) is 0 Å². The van der Waals surface area contributed by atoms with Gasteiger partial charge in [-0.05, 0) is 24.3 Å². The third-order valence-corrected chi connectivity index (χ3v) is 5.47. The lowest BCUT2D eigenvalue weighted by Crippen LogP contribution is -2.31. The van der Waals surface area contributed by atoms with Crippen molar-refractivity contribution in [2.24, 2.45) is 0 Å². The van der Waals surface area contributed by atoms with Crippen molar-refractivity contribution < 1.29 is 17.9 Å². The molecule has 0 aliphatic carbocycles. The van der Waals surface area contributed by atoms with Crippen LogP contribution in [-0.2, 0) is 10.0 Å². The molecule has 3 heterocycles. The molecule has 10 heteroatoms. The van der Waals surface area contributed by atoms with Gasteiger partial charge in [0.1, 0.15) is 17.8 Å². The predicted octanol–water partition coefficient (Wildman–Crippen LogP) is 1.18. The average Bonchev–Trinajstić information content (AvgIpc) is 3.26. The number of pyridine rings is 1. The summed E-state index contributed by atoms with van der Waals surface area (Å²) < 4.78 is 39.1. The van der Waals surface area contributed by atoms with Gasteiger partial charge in [0.25, 0.3) is 10.0 Å². The zero-order chi connectivity index (χ0) is 17.4. The van der Waals surface area contributed by atoms with Crippen LogP contribution in [0.25, 0.3) is 5.65 Å². The van der Waals surface area contributed by atoms with Crippen molar-refractivity contribution in [3.8, 4) is 17.6 Å². The minimum atomic E-state index is -3.96. The number of aromatic nitrogens is 3. The first-order valence-corrected chi connectivity index (χ1v) is 8.62. The van der Waals surface area contributed by atoms with Crippen LogP contribution in [0.4, 0.5) is 5.69 Å². The fourth-order valence-corrected chi connectivity index (χ4v) is 3.87. The maximum absolute atomic E-state index is 13.0. The maximum atomic E-state index is 13.0. The number of nitriles is 1. The number of sulfonamides is 1. The first-order chi connectivity index (χ1) is 12.1. The van der Waals surface area contributed by atoms with Crippen LogP contribution in [0.15, 0.2) is 47.8 Å². The van der Waals surface area contributed by atoms with Gasteiger partial charge in [0.15, 0.2) is 17.1 Å². The van der Waals surface area contributed by atoms with Crippen molar-refractivity contribution in [1.82, 2.24) is 14.6 Å². The smallest absolute Gasteiger partial charge is 0.266 e. The molecular formula is C15H11N5O4S.